The Morgan fingerprint density at radius 3 is 2.07 bits per heavy atom. The molecule has 4 aliphatic rings. The Morgan fingerprint density at radius 2 is 1.47 bits per heavy atom. The summed E-state index contributed by atoms with van der Waals surface area (Å²) in [6.45, 7) is 17.4. The number of anilines is 1. The number of amides is 3. The van der Waals surface area contributed by atoms with Crippen molar-refractivity contribution in [1.29, 1.82) is 0 Å². The number of carbonyl (C=O) groups excluding carboxylic acids is 5. The van der Waals surface area contributed by atoms with Crippen LogP contribution in [0.1, 0.15) is 116 Å². The van der Waals surface area contributed by atoms with E-state index < -0.39 is 69.9 Å². The lowest BCUT2D eigenvalue weighted by atomic mass is 9.90. The number of rotatable bonds is 24. The molecule has 25 heteroatoms. The van der Waals surface area contributed by atoms with Crippen molar-refractivity contribution in [3.63, 3.8) is 0 Å². The number of quaternary nitrogens is 1. The van der Waals surface area contributed by atoms with Gasteiger partial charge in [-0.05, 0) is 110 Å². The first-order chi connectivity index (χ1) is 45.7. The fraction of sp³-hybridized carbons (Fsp3) is 0.408. The average Bonchev–Trinajstić information content (AvgIpc) is 0.756. The monoisotopic (exact) mass is 1390 g/mol. The molecule has 3 amide bonds. The number of fused-ring (bicyclic) bond motifs is 2. The number of methoxy groups -OCH3 is 2. The number of oxime groups is 1. The van der Waals surface area contributed by atoms with Gasteiger partial charge in [-0.3, -0.25) is 24.6 Å². The maximum Gasteiger partial charge on any atom is 0.413 e. The molecule has 6 aromatic rings. The normalized spacial score (nSPS) is 18.1. The first-order valence-corrected chi connectivity index (χ1v) is 34.3. The summed E-state index contributed by atoms with van der Waals surface area (Å²) < 4.78 is 43.8. The van der Waals surface area contributed by atoms with Crippen molar-refractivity contribution in [1.82, 2.24) is 19.8 Å². The van der Waals surface area contributed by atoms with Gasteiger partial charge in [-0.1, -0.05) is 119 Å². The Hall–Kier alpha value is -8.35. The van der Waals surface area contributed by atoms with Crippen molar-refractivity contribution in [2.24, 2.45) is 11.1 Å². The van der Waals surface area contributed by atoms with Crippen molar-refractivity contribution in [3.05, 3.63) is 174 Å². The van der Waals surface area contributed by atoms with Gasteiger partial charge < -0.3 is 52.4 Å². The maximum atomic E-state index is 15.6. The second kappa shape index (κ2) is 29.6. The number of likely N-dealkylation sites (tertiary alicyclic amines) is 1. The summed E-state index contributed by atoms with van der Waals surface area (Å²) in [5.41, 5.74) is -0.477. The third-order valence-electron chi connectivity index (χ3n) is 16.5. The molecule has 4 aromatic carbocycles. The Balaban J connectivity index is 1.01. The zero-order valence-corrected chi connectivity index (χ0v) is 58.7. The number of hydrogen-bond acceptors (Lipinski definition) is 18. The van der Waals surface area contributed by atoms with E-state index in [4.69, 9.17) is 61.2 Å². The first kappa shape index (κ1) is 70.5. The first-order valence-electron chi connectivity index (χ1n) is 31.7. The van der Waals surface area contributed by atoms with E-state index in [0.717, 1.165) is 40.9 Å². The number of esters is 2. The second-order valence-corrected chi connectivity index (χ2v) is 29.4. The number of pyridine rings is 1. The zero-order valence-electron chi connectivity index (χ0n) is 55.6. The molecular weight excluding hydrogens is 1310 g/mol. The molecule has 2 fully saturated rings. The van der Waals surface area contributed by atoms with Crippen LogP contribution in [0.4, 0.5) is 9.93 Å². The van der Waals surface area contributed by atoms with Gasteiger partial charge in [0.15, 0.2) is 27.8 Å². The number of thiazole rings is 1. The number of carbonyl (C=O) groups is 5. The highest BCUT2D eigenvalue weighted by molar-refractivity contribution is 8.00. The minimum atomic E-state index is -1.77. The molecule has 3 aliphatic heterocycles. The van der Waals surface area contributed by atoms with Gasteiger partial charge in [0.25, 0.3) is 11.8 Å². The van der Waals surface area contributed by atoms with E-state index in [1.54, 1.807) is 61.8 Å². The van der Waals surface area contributed by atoms with Crippen molar-refractivity contribution in [2.45, 2.75) is 142 Å². The molecule has 2 N–H and O–H groups in total. The van der Waals surface area contributed by atoms with E-state index >= 15 is 14.4 Å². The predicted octanol–water partition coefficient (Wildman–Crippen LogP) is 13.0. The molecule has 96 heavy (non-hydrogen) atoms. The van der Waals surface area contributed by atoms with Gasteiger partial charge in [-0.15, -0.1) is 11.8 Å². The number of ether oxygens (including phenoxy) is 7. The summed E-state index contributed by atoms with van der Waals surface area (Å²) >= 11 is 16.4. The van der Waals surface area contributed by atoms with Gasteiger partial charge in [0, 0.05) is 48.9 Å². The van der Waals surface area contributed by atoms with Crippen LogP contribution in [0.5, 0.6) is 23.0 Å². The van der Waals surface area contributed by atoms with E-state index in [-0.39, 0.29) is 80.4 Å². The Kier molecular flexibility index (Phi) is 21.7. The molecule has 0 radical (unpaired) electrons. The lowest BCUT2D eigenvalue weighted by Crippen LogP contribution is -2.71. The summed E-state index contributed by atoms with van der Waals surface area (Å²) in [6.07, 6.45) is 10.3. The standard InChI is InChI=1S/C71H79Cl2N7O14S2/c1-12-78-36-46(58(81)52-50(78)35-51(89-39-42-25-29-48(87-10)30-26-42)60(53(52)72)90-40-43-27-31-49(88-11)32-28-43)37-80(33-19-20-34-80)38-47-41-95-64-56(63(83)79(64)57(47)65(84)91-59(44-21-15-13-16-22-44)45-23-17-14-18-24-45)74-62(82)55(77-94-71(8,9)66(85)92-69(2,3)4)54-61(73)96-67(75-54)76-68(86)93-70(5,6)7/h13-18,21-23,25-32,35-36,45,56,59,64H,12,19-20,24,33-34,37-41H2,1-11H3,(H-,74,75,76,82,86)/p+1/b77-55-/t45?,56-,59?,64-/m1/s1. The van der Waals surface area contributed by atoms with Crippen LogP contribution in [0.2, 0.25) is 9.36 Å². The van der Waals surface area contributed by atoms with Crippen LogP contribution in [0.3, 0.4) is 0 Å². The topological polar surface area (TPSA) is 234 Å². The van der Waals surface area contributed by atoms with Crippen LogP contribution < -0.4 is 35.0 Å². The largest absolute Gasteiger partial charge is 0.497 e. The number of nitrogens with one attached hydrogen (secondary N) is 2. The molecule has 4 atom stereocenters. The molecule has 21 nitrogen and oxygen atoms in total. The highest BCUT2D eigenvalue weighted by Gasteiger charge is 2.56. The van der Waals surface area contributed by atoms with Crippen molar-refractivity contribution >= 4 is 97.9 Å². The van der Waals surface area contributed by atoms with Crippen LogP contribution in [0.25, 0.3) is 10.9 Å². The van der Waals surface area contributed by atoms with Crippen LogP contribution in [-0.2, 0) is 64.5 Å². The molecule has 2 unspecified atom stereocenters. The highest BCUT2D eigenvalue weighted by atomic mass is 35.5. The quantitative estimate of drug-likeness (QED) is 0.0143. The van der Waals surface area contributed by atoms with Crippen LogP contribution in [0.15, 0.2) is 137 Å². The molecule has 0 spiro atoms. The number of halogens is 2. The fourth-order valence-corrected chi connectivity index (χ4v) is 14.5. The van der Waals surface area contributed by atoms with Crippen LogP contribution in [0, 0.1) is 5.92 Å². The van der Waals surface area contributed by atoms with E-state index in [0.29, 0.717) is 64.4 Å². The van der Waals surface area contributed by atoms with Gasteiger partial charge >= 0.3 is 18.0 Å². The van der Waals surface area contributed by atoms with E-state index in [1.807, 2.05) is 121 Å². The zero-order chi connectivity index (χ0) is 68.9. The number of hydrogen-bond donors (Lipinski definition) is 2. The van der Waals surface area contributed by atoms with Crippen molar-refractivity contribution < 1.29 is 66.5 Å². The number of allylic oxidation sites excluding steroid dienone is 3. The van der Waals surface area contributed by atoms with Gasteiger partial charge in [-0.25, -0.2) is 19.4 Å². The SMILES string of the molecule is CCn1cc(C[N+]2(CC3=C(C(=O)OC(c4ccccc4)C4C=CC=CC4)N4C(=O)[C@@H](NC(=O)/C(=N\OC(C)(C)C(=O)OC(C)(C)C)c5nc(NC(=O)OC(C)(C)C)sc5Cl)[C@H]4SC3)CCCC2)c(=O)c2c(Cl)c(OCc3ccc(OC)cc3)c(OCc3ccc(OC)cc3)cc21. The predicted molar refractivity (Wildman–Crippen MR) is 370 cm³/mol. The molecule has 5 heterocycles. The molecule has 0 saturated carbocycles. The van der Waals surface area contributed by atoms with Gasteiger partial charge in [-0.2, -0.15) is 0 Å². The number of aromatic nitrogens is 2. The van der Waals surface area contributed by atoms with E-state index in [9.17, 15) is 14.4 Å². The average molecular weight is 1390 g/mol. The lowest BCUT2D eigenvalue weighted by Gasteiger charge is -2.50. The third-order valence-corrected chi connectivity index (χ3v) is 19.3. The van der Waals surface area contributed by atoms with Crippen molar-refractivity contribution in [3.8, 4) is 23.0 Å². The van der Waals surface area contributed by atoms with E-state index in [1.165, 1.54) is 30.5 Å². The molecule has 10 rings (SSSR count). The summed E-state index contributed by atoms with van der Waals surface area (Å²) in [6, 6.07) is 24.9. The molecule has 2 saturated heterocycles. The summed E-state index contributed by atoms with van der Waals surface area (Å²) in [5, 5.41) is 8.95. The number of β-lactam (4-membered cyclic amide) rings is 1. The summed E-state index contributed by atoms with van der Waals surface area (Å²) in [7, 11) is 3.20. The number of benzene rings is 4. The molecule has 508 valence electrons. The lowest BCUT2D eigenvalue weighted by molar-refractivity contribution is -0.925. The van der Waals surface area contributed by atoms with E-state index in [2.05, 4.69) is 20.8 Å². The second-order valence-electron chi connectivity index (χ2n) is 26.3. The fourth-order valence-electron chi connectivity index (χ4n) is 11.8. The Labute approximate surface area is 576 Å². The Morgan fingerprint density at radius 1 is 0.823 bits per heavy atom. The summed E-state index contributed by atoms with van der Waals surface area (Å²) in [4.78, 5) is 99.0. The number of thioether (sulfide) groups is 1. The molecule has 0 bridgehead atoms. The minimum Gasteiger partial charge on any atom is -0.497 e. The van der Waals surface area contributed by atoms with Gasteiger partial charge in [0.2, 0.25) is 5.60 Å². The minimum absolute atomic E-state index is 0.0417. The molecule has 2 aromatic heterocycles. The third kappa shape index (κ3) is 16.4. The smallest absolute Gasteiger partial charge is 0.413 e. The van der Waals surface area contributed by atoms with Crippen LogP contribution >= 0.6 is 46.3 Å². The number of aryl methyl sites for hydroxylation is 1. The van der Waals surface area contributed by atoms with Crippen molar-refractivity contribution in [2.75, 3.05) is 44.9 Å². The van der Waals surface area contributed by atoms with Crippen LogP contribution in [-0.4, -0.2) is 122 Å². The Bertz CT molecular complexity index is 4090. The van der Waals surface area contributed by atoms with Gasteiger partial charge in [0.05, 0.1) is 48.8 Å². The molecular formula is C71H80Cl2N7O14S2+. The van der Waals surface area contributed by atoms with Gasteiger partial charge in [0.1, 0.15) is 82.3 Å². The maximum absolute atomic E-state index is 15.6. The number of nitrogens with zero attached hydrogens (tertiary/aromatic N) is 5. The summed E-state index contributed by atoms with van der Waals surface area (Å²) in [5.74, 6) is -1.25. The molecule has 1 aliphatic carbocycles. The highest BCUT2D eigenvalue weighted by Crippen LogP contribution is 2.45.